The van der Waals surface area contributed by atoms with Crippen LogP contribution in [0.4, 0.5) is 11.9 Å². The van der Waals surface area contributed by atoms with Crippen LogP contribution in [0.5, 0.6) is 0 Å². The van der Waals surface area contributed by atoms with Gasteiger partial charge < -0.3 is 10.6 Å². The fourth-order valence-electron chi connectivity index (χ4n) is 4.27. The van der Waals surface area contributed by atoms with E-state index >= 15 is 0 Å². The number of hydrogen-bond donors (Lipinski definition) is 1. The Kier molecular flexibility index (Phi) is 6.03. The van der Waals surface area contributed by atoms with E-state index in [0.29, 0.717) is 22.7 Å². The number of benzene rings is 1. The summed E-state index contributed by atoms with van der Waals surface area (Å²) < 4.78 is 1.77. The highest BCUT2D eigenvalue weighted by Gasteiger charge is 2.23. The second-order valence-electron chi connectivity index (χ2n) is 8.81. The first-order valence-electron chi connectivity index (χ1n) is 11.3. The molecule has 0 aliphatic heterocycles. The highest BCUT2D eigenvalue weighted by atomic mass is 32.2. The lowest BCUT2D eigenvalue weighted by Crippen LogP contribution is -2.23. The van der Waals surface area contributed by atoms with Crippen LogP contribution in [0.15, 0.2) is 28.2 Å². The van der Waals surface area contributed by atoms with Gasteiger partial charge in [0.25, 0.3) is 5.56 Å². The average molecular weight is 494 g/mol. The summed E-state index contributed by atoms with van der Waals surface area (Å²) in [4.78, 5) is 35.9. The van der Waals surface area contributed by atoms with Crippen molar-refractivity contribution in [2.75, 3.05) is 24.7 Å². The first-order valence-corrected chi connectivity index (χ1v) is 13.1. The third kappa shape index (κ3) is 4.16. The summed E-state index contributed by atoms with van der Waals surface area (Å²) in [5.74, 6) is 1.65. The van der Waals surface area contributed by atoms with Crippen LogP contribution in [-0.4, -0.2) is 38.6 Å². The average Bonchev–Trinajstić information content (AvgIpc) is 3.18. The Hall–Kier alpha value is -2.98. The Balaban J connectivity index is 1.66. The van der Waals surface area contributed by atoms with Crippen molar-refractivity contribution in [2.45, 2.75) is 50.4 Å². The van der Waals surface area contributed by atoms with Crippen LogP contribution in [0.2, 0.25) is 0 Å². The second kappa shape index (κ2) is 8.99. The maximum atomic E-state index is 14.0. The normalized spacial score (nSPS) is 13.3. The van der Waals surface area contributed by atoms with Gasteiger partial charge in [-0.1, -0.05) is 23.9 Å². The summed E-state index contributed by atoms with van der Waals surface area (Å²) in [6, 6.07) is 6.17. The van der Waals surface area contributed by atoms with Gasteiger partial charge in [0, 0.05) is 19.0 Å². The Labute approximate surface area is 206 Å². The van der Waals surface area contributed by atoms with Gasteiger partial charge in [-0.2, -0.15) is 15.0 Å². The number of hydrogen-bond acceptors (Lipinski definition) is 9. The maximum Gasteiger partial charge on any atom is 0.267 e. The van der Waals surface area contributed by atoms with Crippen LogP contribution in [0.1, 0.15) is 40.2 Å². The third-order valence-electron chi connectivity index (χ3n) is 5.98. The molecule has 34 heavy (non-hydrogen) atoms. The van der Waals surface area contributed by atoms with E-state index < -0.39 is 0 Å². The molecule has 10 heteroatoms. The molecule has 2 N–H and O–H groups in total. The molecule has 0 atom stereocenters. The Morgan fingerprint density at radius 2 is 1.91 bits per heavy atom. The summed E-state index contributed by atoms with van der Waals surface area (Å²) in [5, 5.41) is 1.42. The van der Waals surface area contributed by atoms with Crippen molar-refractivity contribution in [1.82, 2.24) is 24.5 Å². The first-order chi connectivity index (χ1) is 16.3. The predicted octanol–water partition coefficient (Wildman–Crippen LogP) is 4.07. The van der Waals surface area contributed by atoms with Crippen LogP contribution in [0, 0.1) is 13.8 Å². The van der Waals surface area contributed by atoms with E-state index in [-0.39, 0.29) is 11.5 Å². The van der Waals surface area contributed by atoms with E-state index in [9.17, 15) is 4.79 Å². The number of thioether (sulfide) groups is 1. The highest BCUT2D eigenvalue weighted by molar-refractivity contribution is 7.98. The lowest BCUT2D eigenvalue weighted by Gasteiger charge is -2.16. The molecule has 4 aromatic rings. The zero-order valence-corrected chi connectivity index (χ0v) is 21.4. The van der Waals surface area contributed by atoms with E-state index in [0.717, 1.165) is 46.3 Å². The van der Waals surface area contributed by atoms with Gasteiger partial charge in [0.2, 0.25) is 11.9 Å². The van der Waals surface area contributed by atoms with E-state index in [1.165, 1.54) is 28.6 Å². The van der Waals surface area contributed by atoms with Gasteiger partial charge in [-0.15, -0.1) is 11.3 Å². The predicted molar refractivity (Wildman–Crippen MR) is 139 cm³/mol. The smallest absolute Gasteiger partial charge is 0.267 e. The number of nitrogens with zero attached hydrogens (tertiary/aromatic N) is 6. The molecule has 0 bridgehead atoms. The monoisotopic (exact) mass is 493 g/mol. The number of nitrogen functional groups attached to an aromatic ring is 1. The minimum absolute atomic E-state index is 0.00439. The summed E-state index contributed by atoms with van der Waals surface area (Å²) in [6.07, 6.45) is 4.26. The number of aromatic nitrogens is 5. The Morgan fingerprint density at radius 3 is 2.71 bits per heavy atom. The molecule has 1 aliphatic rings. The van der Waals surface area contributed by atoms with Crippen molar-refractivity contribution in [3.05, 3.63) is 55.9 Å². The summed E-state index contributed by atoms with van der Waals surface area (Å²) in [7, 11) is 3.72. The van der Waals surface area contributed by atoms with Gasteiger partial charge >= 0.3 is 0 Å². The van der Waals surface area contributed by atoms with Gasteiger partial charge in [0.05, 0.1) is 16.8 Å². The standard InChI is InChI=1S/C24H27N7OS2/c1-13-9-10-14(2)16(11-13)31-21(32)19-15-7-5-6-8-17(15)34-20(19)28-24(31)33-12-18-26-22(25)29-23(27-18)30(3)4/h9-11H,5-8,12H2,1-4H3,(H2,25,26,27,29). The molecule has 0 spiro atoms. The van der Waals surface area contributed by atoms with Crippen LogP contribution in [-0.2, 0) is 18.6 Å². The third-order valence-corrected chi connectivity index (χ3v) is 8.10. The van der Waals surface area contributed by atoms with Crippen LogP contribution in [0.25, 0.3) is 15.9 Å². The van der Waals surface area contributed by atoms with Crippen molar-refractivity contribution >= 4 is 45.2 Å². The number of thiophene rings is 1. The van der Waals surface area contributed by atoms with Gasteiger partial charge in [-0.05, 0) is 62.3 Å². The van der Waals surface area contributed by atoms with Crippen molar-refractivity contribution in [3.8, 4) is 5.69 Å². The lowest BCUT2D eigenvalue weighted by molar-refractivity contribution is 0.699. The van der Waals surface area contributed by atoms with Crippen molar-refractivity contribution < 1.29 is 0 Å². The summed E-state index contributed by atoms with van der Waals surface area (Å²) >= 11 is 3.11. The maximum absolute atomic E-state index is 14.0. The van der Waals surface area contributed by atoms with Crippen LogP contribution < -0.4 is 16.2 Å². The first kappa shape index (κ1) is 22.8. The lowest BCUT2D eigenvalue weighted by atomic mass is 9.97. The molecule has 0 saturated carbocycles. The van der Waals surface area contributed by atoms with E-state index in [1.807, 2.05) is 27.9 Å². The molecule has 3 aromatic heterocycles. The molecular formula is C24H27N7OS2. The minimum atomic E-state index is 0.00439. The van der Waals surface area contributed by atoms with Crippen molar-refractivity contribution in [2.24, 2.45) is 0 Å². The molecular weight excluding hydrogens is 466 g/mol. The fraction of sp³-hybridized carbons (Fsp3) is 0.375. The number of anilines is 2. The topological polar surface area (TPSA) is 103 Å². The molecule has 0 amide bonds. The minimum Gasteiger partial charge on any atom is -0.368 e. The number of nitrogens with two attached hydrogens (primary N) is 1. The summed E-state index contributed by atoms with van der Waals surface area (Å²) in [6.45, 7) is 4.06. The zero-order valence-electron chi connectivity index (χ0n) is 19.8. The Morgan fingerprint density at radius 1 is 1.12 bits per heavy atom. The second-order valence-corrected chi connectivity index (χ2v) is 10.8. The van der Waals surface area contributed by atoms with E-state index in [2.05, 4.69) is 33.2 Å². The largest absolute Gasteiger partial charge is 0.368 e. The molecule has 1 aliphatic carbocycles. The number of rotatable bonds is 5. The molecule has 3 heterocycles. The van der Waals surface area contributed by atoms with Gasteiger partial charge in [0.1, 0.15) is 10.7 Å². The quantitative estimate of drug-likeness (QED) is 0.328. The molecule has 176 valence electrons. The van der Waals surface area contributed by atoms with E-state index in [4.69, 9.17) is 10.7 Å². The molecule has 1 aromatic carbocycles. The molecule has 0 unspecified atom stereocenters. The molecule has 5 rings (SSSR count). The fourth-order valence-corrected chi connectivity index (χ4v) is 6.44. The SMILES string of the molecule is Cc1ccc(C)c(-n2c(SCc3nc(N)nc(N(C)C)n3)nc3sc4c(c3c2=O)CCCC4)c1. The summed E-state index contributed by atoms with van der Waals surface area (Å²) in [5.41, 5.74) is 10.1. The van der Waals surface area contributed by atoms with Crippen molar-refractivity contribution in [1.29, 1.82) is 0 Å². The number of fused-ring (bicyclic) bond motifs is 3. The van der Waals surface area contributed by atoms with Crippen molar-refractivity contribution in [3.63, 3.8) is 0 Å². The Bertz CT molecular complexity index is 1460. The van der Waals surface area contributed by atoms with Crippen LogP contribution in [0.3, 0.4) is 0 Å². The highest BCUT2D eigenvalue weighted by Crippen LogP contribution is 2.36. The zero-order chi connectivity index (χ0) is 24.0. The van der Waals surface area contributed by atoms with E-state index in [1.54, 1.807) is 20.8 Å². The molecule has 0 fully saturated rings. The molecule has 8 nitrogen and oxygen atoms in total. The van der Waals surface area contributed by atoms with Gasteiger partial charge in [-0.25, -0.2) is 4.98 Å². The number of aryl methyl sites for hydroxylation is 4. The molecule has 0 radical (unpaired) electrons. The molecule has 0 saturated heterocycles. The van der Waals surface area contributed by atoms with Gasteiger partial charge in [0.15, 0.2) is 5.16 Å². The van der Waals surface area contributed by atoms with Gasteiger partial charge in [-0.3, -0.25) is 9.36 Å². The van der Waals surface area contributed by atoms with Crippen LogP contribution >= 0.6 is 23.1 Å².